The zero-order valence-corrected chi connectivity index (χ0v) is 57.2. The van der Waals surface area contributed by atoms with E-state index in [9.17, 15) is 9.59 Å². The maximum absolute atomic E-state index is 14.9. The summed E-state index contributed by atoms with van der Waals surface area (Å²) >= 11 is 0. The minimum atomic E-state index is -2.83. The first kappa shape index (κ1) is 68.5. The molecule has 2 aromatic rings. The van der Waals surface area contributed by atoms with Crippen molar-refractivity contribution in [3.8, 4) is 0 Å². The molecule has 0 aromatic heterocycles. The Balaban J connectivity index is 1.10. The fourth-order valence-electron chi connectivity index (χ4n) is 14.2. The fraction of sp³-hybridized carbons (Fsp3) is 0.735. The van der Waals surface area contributed by atoms with Gasteiger partial charge in [-0.25, -0.2) is 4.79 Å². The zero-order chi connectivity index (χ0) is 62.0. The summed E-state index contributed by atoms with van der Waals surface area (Å²) in [5.41, 5.74) is 1.90. The molecule has 0 amide bonds. The van der Waals surface area contributed by atoms with Gasteiger partial charge in [-0.3, -0.25) is 4.79 Å². The summed E-state index contributed by atoms with van der Waals surface area (Å²) in [5.74, 6) is -5.84. The van der Waals surface area contributed by atoms with E-state index < -0.39 is 76.1 Å². The number of benzene rings is 2. The normalized spacial score (nSPS) is 32.7. The van der Waals surface area contributed by atoms with Crippen LogP contribution in [0.1, 0.15) is 162 Å². The minimum Gasteiger partial charge on any atom is -0.464 e. The lowest BCUT2D eigenvalue weighted by Gasteiger charge is -2.55. The van der Waals surface area contributed by atoms with Gasteiger partial charge in [0.1, 0.15) is 6.10 Å². The number of ketones is 1. The van der Waals surface area contributed by atoms with Crippen molar-refractivity contribution in [1.29, 1.82) is 0 Å². The highest BCUT2D eigenvalue weighted by Gasteiger charge is 2.66. The van der Waals surface area contributed by atoms with Crippen LogP contribution in [0.25, 0.3) is 0 Å². The lowest BCUT2D eigenvalue weighted by atomic mass is 9.79. The molecule has 0 bridgehead atoms. The first-order valence-corrected chi connectivity index (χ1v) is 36.2. The highest BCUT2D eigenvalue weighted by atomic mass is 28.4. The van der Waals surface area contributed by atoms with Gasteiger partial charge in [0.15, 0.2) is 31.5 Å². The number of esters is 1. The molecule has 2 aromatic carbocycles. The highest BCUT2D eigenvalue weighted by molar-refractivity contribution is 6.99. The monoisotopic (exact) mass is 1200 g/mol. The second-order valence-electron chi connectivity index (χ2n) is 28.8. The van der Waals surface area contributed by atoms with Crippen LogP contribution < -0.4 is 10.4 Å². The number of methoxy groups -OCH3 is 3. The van der Waals surface area contributed by atoms with E-state index in [1.165, 1.54) is 15.9 Å². The Morgan fingerprint density at radius 3 is 1.92 bits per heavy atom. The van der Waals surface area contributed by atoms with E-state index >= 15 is 0 Å². The van der Waals surface area contributed by atoms with E-state index in [1.54, 1.807) is 42.1 Å². The number of carbonyl (C=O) groups excluding carboxylic acids is 2. The van der Waals surface area contributed by atoms with Gasteiger partial charge in [-0.2, -0.15) is 0 Å². The zero-order valence-electron chi connectivity index (χ0n) is 55.2. The van der Waals surface area contributed by atoms with Crippen molar-refractivity contribution < 1.29 is 65.8 Å². The van der Waals surface area contributed by atoms with Crippen molar-refractivity contribution in [2.45, 2.75) is 257 Å². The first-order chi connectivity index (χ1) is 39.2. The van der Waals surface area contributed by atoms with Crippen molar-refractivity contribution in [3.63, 3.8) is 0 Å². The number of allylic oxidation sites excluding steroid dienone is 3. The summed E-state index contributed by atoms with van der Waals surface area (Å²) in [6, 6.07) is 21.6. The molecule has 5 aliphatic rings. The van der Waals surface area contributed by atoms with Crippen molar-refractivity contribution in [3.05, 3.63) is 84.0 Å². The molecule has 4 saturated heterocycles. The van der Waals surface area contributed by atoms with Crippen molar-refractivity contribution in [1.82, 2.24) is 0 Å². The summed E-state index contributed by atoms with van der Waals surface area (Å²) in [5, 5.41) is 2.32. The minimum absolute atomic E-state index is 0.00340. The summed E-state index contributed by atoms with van der Waals surface area (Å²) in [4.78, 5) is 28.4. The smallest absolute Gasteiger partial charge is 0.341 e. The van der Waals surface area contributed by atoms with Crippen LogP contribution in [0.5, 0.6) is 0 Å². The summed E-state index contributed by atoms with van der Waals surface area (Å²) in [6.45, 7) is 38.5. The molecule has 2 spiro atoms. The van der Waals surface area contributed by atoms with Crippen molar-refractivity contribution >= 4 is 38.8 Å². The molecule has 0 unspecified atom stereocenters. The number of carbonyl (C=O) groups is 2. The van der Waals surface area contributed by atoms with E-state index in [4.69, 9.17) is 56.2 Å². The molecule has 15 atom stereocenters. The fourth-order valence-corrected chi connectivity index (χ4v) is 20.2. The molecule has 4 heterocycles. The van der Waals surface area contributed by atoms with Gasteiger partial charge in [-0.05, 0) is 144 Å². The van der Waals surface area contributed by atoms with Crippen LogP contribution in [0.2, 0.25) is 23.2 Å². The molecule has 0 radical (unpaired) electrons. The van der Waals surface area contributed by atoms with E-state index in [-0.39, 0.29) is 70.6 Å². The topological polar surface area (TPSA) is 145 Å². The third-order valence-electron chi connectivity index (χ3n) is 19.3. The largest absolute Gasteiger partial charge is 0.464 e. The van der Waals surface area contributed by atoms with Gasteiger partial charge in [0.25, 0.3) is 8.32 Å². The molecule has 0 N–H and O–H groups in total. The average Bonchev–Trinajstić information content (AvgIpc) is 1.64. The molecule has 1 saturated carbocycles. The first-order valence-electron chi connectivity index (χ1n) is 31.4. The van der Waals surface area contributed by atoms with Gasteiger partial charge in [-0.15, -0.1) is 0 Å². The van der Waals surface area contributed by atoms with Gasteiger partial charge in [0, 0.05) is 45.5 Å². The lowest BCUT2D eigenvalue weighted by Crippen LogP contribution is -2.68. The number of ether oxygens (including phenoxy) is 10. The van der Waals surface area contributed by atoms with Crippen molar-refractivity contribution in [2.75, 3.05) is 34.5 Å². The highest BCUT2D eigenvalue weighted by Crippen LogP contribution is 2.52. The Hall–Kier alpha value is -2.95. The van der Waals surface area contributed by atoms with E-state index in [0.29, 0.717) is 32.3 Å². The van der Waals surface area contributed by atoms with Crippen LogP contribution in [0.4, 0.5) is 0 Å². The maximum atomic E-state index is 14.9. The second-order valence-corrected chi connectivity index (χ2v) is 37.8. The molecule has 4 aliphatic heterocycles. The molecular formula is C68H108O14Si2. The molecule has 472 valence electrons. The summed E-state index contributed by atoms with van der Waals surface area (Å²) in [6.07, 6.45) is 6.59. The Bertz CT molecular complexity index is 2520. The molecule has 1 aliphatic carbocycles. The third kappa shape index (κ3) is 15.0. The standard InChI is InChI=1S/C68H108O14Si2/c1-22-74-62(70)61-68(82-66(15,16)78-61)47(5)39-57(73-19)60(77-68)56(72-18)37-45(3)35-44(2)36-50-41-51(79-83(20,21)63(7,8)9)43-75-67(50)42-58(76-65(13,14)81-67)48(6)59(69)46(4)38-49-33-34-54(55(40-49)71-17)80-84(64(10,11)12,52-29-25-23-26-30-52)53-31-27-24-28-32-53/h23-32,36,38,45,47-51,54-58,60-61H,22,33-35,37,39-43H2,1-21H3/b44-36+,46-38+/t45-,47+,48+,49-,50-,51+,54+,55+,56-,57-,58-,60+,61-,67+,68-/m0/s1. The summed E-state index contributed by atoms with van der Waals surface area (Å²) < 4.78 is 79.7. The van der Waals surface area contributed by atoms with Crippen LogP contribution in [0, 0.1) is 29.6 Å². The number of hydrogen-bond acceptors (Lipinski definition) is 14. The predicted octanol–water partition coefficient (Wildman–Crippen LogP) is 12.8. The van der Waals surface area contributed by atoms with E-state index in [0.717, 1.165) is 31.3 Å². The second kappa shape index (κ2) is 27.0. The number of Topliss-reactive ketones (excluding diaryl/α,β-unsaturated/α-hetero) is 1. The van der Waals surface area contributed by atoms with Crippen LogP contribution in [-0.2, 0) is 65.8 Å². The molecule has 84 heavy (non-hydrogen) atoms. The van der Waals surface area contributed by atoms with Gasteiger partial charge in [-0.1, -0.05) is 141 Å². The van der Waals surface area contributed by atoms with Gasteiger partial charge < -0.3 is 56.2 Å². The predicted molar refractivity (Wildman–Crippen MR) is 334 cm³/mol. The van der Waals surface area contributed by atoms with E-state index in [1.807, 2.05) is 34.6 Å². The SMILES string of the molecule is CCOC(=O)[C@@H]1OC(C)(C)O[C@]12O[C@H]([C@H](C[C@@H](C)C/C(C)=C/[C@H]1C[C@@H](O[Si](C)(C)C(C)(C)C)CO[C@@]13C[C@@H]([C@@H](C)C(=O)/C(C)=C/[C@@H]1CC[C@@H](O[Si](c4ccccc4)(c4ccccc4)C(C)(C)C)[C@H](OC)C1)OC(C)(C)O3)OC)[C@@H](OC)C[C@H]2C. The average molecular weight is 1210 g/mol. The van der Waals surface area contributed by atoms with Gasteiger partial charge in [0.05, 0.1) is 49.8 Å². The number of hydrogen-bond donors (Lipinski definition) is 0. The third-order valence-corrected chi connectivity index (χ3v) is 28.9. The molecule has 14 nitrogen and oxygen atoms in total. The molecular weight excluding hydrogens is 1100 g/mol. The van der Waals surface area contributed by atoms with E-state index in [2.05, 4.69) is 141 Å². The maximum Gasteiger partial charge on any atom is 0.341 e. The molecule has 7 rings (SSSR count). The Morgan fingerprint density at radius 1 is 0.750 bits per heavy atom. The molecule has 5 fully saturated rings. The number of rotatable bonds is 21. The summed E-state index contributed by atoms with van der Waals surface area (Å²) in [7, 11) is 0.140. The Morgan fingerprint density at radius 2 is 1.36 bits per heavy atom. The Labute approximate surface area is 507 Å². The van der Waals surface area contributed by atoms with Crippen LogP contribution in [0.15, 0.2) is 84.0 Å². The quantitative estimate of drug-likeness (QED) is 0.0506. The van der Waals surface area contributed by atoms with Gasteiger partial charge in [0.2, 0.25) is 11.9 Å². The molecule has 16 heteroatoms. The van der Waals surface area contributed by atoms with Crippen LogP contribution >= 0.6 is 0 Å². The van der Waals surface area contributed by atoms with Crippen molar-refractivity contribution in [2.24, 2.45) is 29.6 Å². The Kier molecular flexibility index (Phi) is 22.1. The van der Waals surface area contributed by atoms with Crippen LogP contribution in [0.3, 0.4) is 0 Å². The lowest BCUT2D eigenvalue weighted by molar-refractivity contribution is -0.425. The van der Waals surface area contributed by atoms with Gasteiger partial charge >= 0.3 is 5.97 Å². The van der Waals surface area contributed by atoms with Crippen LogP contribution in [-0.4, -0.2) is 135 Å².